The van der Waals surface area contributed by atoms with Crippen LogP contribution in [0, 0.1) is 17.6 Å². The molecule has 0 radical (unpaired) electrons. The molecule has 2 heterocycles. The Kier molecular flexibility index (Phi) is 5.04. The molecular weight excluding hydrogens is 384 g/mol. The third-order valence-electron chi connectivity index (χ3n) is 4.82. The van der Waals surface area contributed by atoms with Gasteiger partial charge in [0.05, 0.1) is 10.2 Å². The molecule has 0 aliphatic carbocycles. The lowest BCUT2D eigenvalue weighted by atomic mass is 9.95. The van der Waals surface area contributed by atoms with Crippen LogP contribution in [0.5, 0.6) is 0 Å². The van der Waals surface area contributed by atoms with Crippen molar-refractivity contribution in [3.8, 4) is 0 Å². The highest BCUT2D eigenvalue weighted by Crippen LogP contribution is 2.28. The Labute approximate surface area is 164 Å². The Morgan fingerprint density at radius 3 is 2.43 bits per heavy atom. The van der Waals surface area contributed by atoms with E-state index in [0.29, 0.717) is 46.8 Å². The van der Waals surface area contributed by atoms with E-state index in [9.17, 15) is 18.4 Å². The molecule has 0 bridgehead atoms. The highest BCUT2D eigenvalue weighted by molar-refractivity contribution is 7.22. The SMILES string of the molecule is O=C(Nc1nc2ccc(F)cc2s1)C1CCN(C(=O)c2ccc(F)cc2)CC1. The Morgan fingerprint density at radius 2 is 1.71 bits per heavy atom. The number of piperidine rings is 1. The number of fused-ring (bicyclic) bond motifs is 1. The van der Waals surface area contributed by atoms with Crippen LogP contribution in [0.25, 0.3) is 10.2 Å². The Balaban J connectivity index is 1.35. The number of anilines is 1. The van der Waals surface area contributed by atoms with Crippen LogP contribution >= 0.6 is 11.3 Å². The zero-order valence-electron chi connectivity index (χ0n) is 14.8. The number of halogens is 2. The van der Waals surface area contributed by atoms with Gasteiger partial charge in [-0.3, -0.25) is 9.59 Å². The lowest BCUT2D eigenvalue weighted by molar-refractivity contribution is -0.121. The molecule has 0 atom stereocenters. The highest BCUT2D eigenvalue weighted by atomic mass is 32.1. The minimum atomic E-state index is -0.385. The summed E-state index contributed by atoms with van der Waals surface area (Å²) < 4.78 is 27.0. The third-order valence-corrected chi connectivity index (χ3v) is 5.76. The maximum atomic E-state index is 13.3. The van der Waals surface area contributed by atoms with Crippen LogP contribution in [0.3, 0.4) is 0 Å². The summed E-state index contributed by atoms with van der Waals surface area (Å²) in [6, 6.07) is 9.76. The number of nitrogens with zero attached hydrogens (tertiary/aromatic N) is 2. The second-order valence-corrected chi connectivity index (χ2v) is 7.72. The van der Waals surface area contributed by atoms with Crippen LogP contribution in [0.15, 0.2) is 42.5 Å². The van der Waals surface area contributed by atoms with Gasteiger partial charge in [-0.2, -0.15) is 0 Å². The molecule has 2 aromatic carbocycles. The predicted octanol–water partition coefficient (Wildman–Crippen LogP) is 4.07. The highest BCUT2D eigenvalue weighted by Gasteiger charge is 2.28. The molecule has 1 N–H and O–H groups in total. The van der Waals surface area contributed by atoms with Crippen molar-refractivity contribution in [2.45, 2.75) is 12.8 Å². The van der Waals surface area contributed by atoms with E-state index in [0.717, 1.165) is 0 Å². The Hall–Kier alpha value is -2.87. The van der Waals surface area contributed by atoms with Gasteiger partial charge >= 0.3 is 0 Å². The number of likely N-dealkylation sites (tertiary alicyclic amines) is 1. The number of thiazole rings is 1. The van der Waals surface area contributed by atoms with Gasteiger partial charge in [0.15, 0.2) is 5.13 Å². The third kappa shape index (κ3) is 3.87. The minimum Gasteiger partial charge on any atom is -0.339 e. The van der Waals surface area contributed by atoms with E-state index in [4.69, 9.17) is 0 Å². The van der Waals surface area contributed by atoms with Crippen molar-refractivity contribution in [3.63, 3.8) is 0 Å². The fourth-order valence-corrected chi connectivity index (χ4v) is 4.17. The number of amides is 2. The van der Waals surface area contributed by atoms with Crippen molar-refractivity contribution in [2.24, 2.45) is 5.92 Å². The molecule has 1 fully saturated rings. The van der Waals surface area contributed by atoms with E-state index in [1.54, 1.807) is 11.0 Å². The first-order chi connectivity index (χ1) is 13.5. The fraction of sp³-hybridized carbons (Fsp3) is 0.250. The van der Waals surface area contributed by atoms with Gasteiger partial charge in [0.1, 0.15) is 11.6 Å². The maximum Gasteiger partial charge on any atom is 0.253 e. The molecule has 1 aliphatic heterocycles. The van der Waals surface area contributed by atoms with Gasteiger partial charge in [-0.05, 0) is 55.3 Å². The van der Waals surface area contributed by atoms with E-state index in [1.807, 2.05) is 0 Å². The van der Waals surface area contributed by atoms with Gasteiger partial charge in [-0.1, -0.05) is 11.3 Å². The van der Waals surface area contributed by atoms with Crippen LogP contribution in [-0.4, -0.2) is 34.8 Å². The number of benzene rings is 2. The average molecular weight is 401 g/mol. The van der Waals surface area contributed by atoms with E-state index in [-0.39, 0.29) is 29.4 Å². The van der Waals surface area contributed by atoms with Crippen molar-refractivity contribution < 1.29 is 18.4 Å². The summed E-state index contributed by atoms with van der Waals surface area (Å²) in [5, 5.41) is 3.24. The average Bonchev–Trinajstić information content (AvgIpc) is 3.09. The number of aromatic nitrogens is 1. The topological polar surface area (TPSA) is 62.3 Å². The summed E-state index contributed by atoms with van der Waals surface area (Å²) in [4.78, 5) is 31.0. The molecular formula is C20H17F2N3O2S. The molecule has 1 saturated heterocycles. The van der Waals surface area contributed by atoms with E-state index in [2.05, 4.69) is 10.3 Å². The van der Waals surface area contributed by atoms with Crippen molar-refractivity contribution >= 4 is 38.5 Å². The van der Waals surface area contributed by atoms with Gasteiger partial charge in [0.25, 0.3) is 5.91 Å². The Bertz CT molecular complexity index is 1030. The van der Waals surface area contributed by atoms with Gasteiger partial charge in [0, 0.05) is 24.6 Å². The summed E-state index contributed by atoms with van der Waals surface area (Å²) in [6.07, 6.45) is 1.08. The molecule has 0 unspecified atom stereocenters. The lowest BCUT2D eigenvalue weighted by Gasteiger charge is -2.31. The molecule has 4 rings (SSSR count). The fourth-order valence-electron chi connectivity index (χ4n) is 3.28. The molecule has 2 amide bonds. The zero-order chi connectivity index (χ0) is 19.7. The summed E-state index contributed by atoms with van der Waals surface area (Å²) in [5.74, 6) is -1.25. The van der Waals surface area contributed by atoms with Gasteiger partial charge < -0.3 is 10.2 Å². The minimum absolute atomic E-state index is 0.145. The number of rotatable bonds is 3. The van der Waals surface area contributed by atoms with E-state index in [1.165, 1.54) is 47.7 Å². The maximum absolute atomic E-state index is 13.3. The van der Waals surface area contributed by atoms with Gasteiger partial charge in [0.2, 0.25) is 5.91 Å². The standard InChI is InChI=1S/C20H17F2N3O2S/c21-14-3-1-13(2-4-14)19(27)25-9-7-12(8-10-25)18(26)24-20-23-16-6-5-15(22)11-17(16)28-20/h1-6,11-12H,7-10H2,(H,23,24,26). The van der Waals surface area contributed by atoms with Crippen molar-refractivity contribution in [1.29, 1.82) is 0 Å². The van der Waals surface area contributed by atoms with E-state index < -0.39 is 0 Å². The van der Waals surface area contributed by atoms with Crippen LogP contribution in [0.4, 0.5) is 13.9 Å². The van der Waals surface area contributed by atoms with Crippen LogP contribution in [0.2, 0.25) is 0 Å². The van der Waals surface area contributed by atoms with Crippen molar-refractivity contribution in [2.75, 3.05) is 18.4 Å². The van der Waals surface area contributed by atoms with Gasteiger partial charge in [-0.25, -0.2) is 13.8 Å². The summed E-state index contributed by atoms with van der Waals surface area (Å²) in [7, 11) is 0. The van der Waals surface area contributed by atoms with Crippen molar-refractivity contribution in [1.82, 2.24) is 9.88 Å². The molecule has 5 nitrogen and oxygen atoms in total. The molecule has 0 saturated carbocycles. The number of hydrogen-bond donors (Lipinski definition) is 1. The largest absolute Gasteiger partial charge is 0.339 e. The second-order valence-electron chi connectivity index (χ2n) is 6.69. The van der Waals surface area contributed by atoms with Gasteiger partial charge in [-0.15, -0.1) is 0 Å². The van der Waals surface area contributed by atoms with Crippen LogP contribution in [-0.2, 0) is 4.79 Å². The lowest BCUT2D eigenvalue weighted by Crippen LogP contribution is -2.41. The van der Waals surface area contributed by atoms with Crippen molar-refractivity contribution in [3.05, 3.63) is 59.7 Å². The molecule has 3 aromatic rings. The summed E-state index contributed by atoms with van der Waals surface area (Å²) in [5.41, 5.74) is 1.08. The number of carbonyl (C=O) groups excluding carboxylic acids is 2. The monoisotopic (exact) mass is 401 g/mol. The summed E-state index contributed by atoms with van der Waals surface area (Å²) >= 11 is 1.23. The number of carbonyl (C=O) groups is 2. The molecule has 144 valence electrons. The predicted molar refractivity (Wildman–Crippen MR) is 103 cm³/mol. The summed E-state index contributed by atoms with van der Waals surface area (Å²) in [6.45, 7) is 0.915. The smallest absolute Gasteiger partial charge is 0.253 e. The molecule has 1 aliphatic rings. The number of nitrogens with one attached hydrogen (secondary N) is 1. The zero-order valence-corrected chi connectivity index (χ0v) is 15.6. The molecule has 28 heavy (non-hydrogen) atoms. The van der Waals surface area contributed by atoms with Crippen LogP contribution < -0.4 is 5.32 Å². The molecule has 0 spiro atoms. The first-order valence-electron chi connectivity index (χ1n) is 8.91. The first-order valence-corrected chi connectivity index (χ1v) is 9.73. The number of hydrogen-bond acceptors (Lipinski definition) is 4. The second kappa shape index (κ2) is 7.63. The van der Waals surface area contributed by atoms with Crippen LogP contribution in [0.1, 0.15) is 23.2 Å². The van der Waals surface area contributed by atoms with E-state index >= 15 is 0 Å². The Morgan fingerprint density at radius 1 is 1.04 bits per heavy atom. The molecule has 8 heteroatoms. The quantitative estimate of drug-likeness (QED) is 0.720. The molecule has 1 aromatic heterocycles. The normalized spacial score (nSPS) is 15.0. The first kappa shape index (κ1) is 18.5.